The quantitative estimate of drug-likeness (QED) is 0.120. The van der Waals surface area contributed by atoms with Crippen LogP contribution in [0.15, 0.2) is 55.6 Å². The molecule has 1 amide bonds. The van der Waals surface area contributed by atoms with E-state index < -0.39 is 83.8 Å². The van der Waals surface area contributed by atoms with E-state index in [2.05, 4.69) is 35.2 Å². The van der Waals surface area contributed by atoms with Crippen LogP contribution >= 0.6 is 14.5 Å². The number of hydrogen-bond acceptors (Lipinski definition) is 18. The molecule has 5 aromatic rings. The first-order valence-corrected chi connectivity index (χ1v) is 21.6. The predicted octanol–water partition coefficient (Wildman–Crippen LogP) is 3.64. The Morgan fingerprint density at radius 3 is 2.28 bits per heavy atom. The maximum Gasteiger partial charge on any atom is 0.327 e. The van der Waals surface area contributed by atoms with Crippen LogP contribution in [0.25, 0.3) is 22.3 Å². The van der Waals surface area contributed by atoms with Crippen molar-refractivity contribution >= 4 is 68.0 Å². The summed E-state index contributed by atoms with van der Waals surface area (Å²) in [5, 5.41) is 21.3. The molecule has 0 saturated carbocycles. The summed E-state index contributed by atoms with van der Waals surface area (Å²) in [6, 6.07) is 12.5. The van der Waals surface area contributed by atoms with Gasteiger partial charge in [0.25, 0.3) is 5.91 Å². The van der Waals surface area contributed by atoms with Gasteiger partial charge in [0.1, 0.15) is 49.7 Å². The molecule has 0 bridgehead atoms. The highest BCUT2D eigenvalue weighted by atomic mass is 32.5. The van der Waals surface area contributed by atoms with Crippen LogP contribution in [0.4, 0.5) is 14.6 Å². The Hall–Kier alpha value is -4.55. The summed E-state index contributed by atoms with van der Waals surface area (Å²) < 4.78 is 86.5. The number of nitrogens with zero attached hydrogens (tertiary/aromatic N) is 10. The Morgan fingerprint density at radius 1 is 0.933 bits per heavy atom. The first-order chi connectivity index (χ1) is 29.0. The summed E-state index contributed by atoms with van der Waals surface area (Å²) in [5.74, 6) is -0.362. The zero-order valence-electron chi connectivity index (χ0n) is 30.8. The van der Waals surface area contributed by atoms with Crippen LogP contribution in [0.5, 0.6) is 0 Å². The molecule has 7 heterocycles. The number of alkyl halides is 2. The standard InChI is InChI=1S/C34H36BF2N11O9P2S/c1-19-25-30(42-15-40-19)47(17-44-25)34-24(37)28-21(54-34)13-52-58(35,50-11-5-9-38)56-27-22(14-53-59(60,57-28)51-12-6-10-39)55-33(23(27)36)48-18-45-26-29(41-16-43-31(26)48)46-32(49)20-7-3-2-4-8-20/h2-4,7-8,15-18,21-24,27-28,33-34H,5-6,11-14H2,1,35H3,(H,41,43,46,49)/t21-,22?,23-,24-,27-,28-,33-,34-,58?,59?/m1/s1. The van der Waals surface area contributed by atoms with Gasteiger partial charge in [0.05, 0.1) is 56.5 Å². The number of anilines is 1. The first kappa shape index (κ1) is 42.2. The maximum atomic E-state index is 17.1. The van der Waals surface area contributed by atoms with Crippen molar-refractivity contribution < 1.29 is 50.2 Å². The fourth-order valence-corrected chi connectivity index (χ4v) is 9.77. The Bertz CT molecular complexity index is 2500. The molecule has 0 radical (unpaired) electrons. The van der Waals surface area contributed by atoms with Crippen molar-refractivity contribution in [3.63, 3.8) is 0 Å². The molecule has 26 heteroatoms. The first-order valence-electron chi connectivity index (χ1n) is 18.0. The summed E-state index contributed by atoms with van der Waals surface area (Å²) in [6.45, 7) is -3.38. The average molecular weight is 886 g/mol. The smallest absolute Gasteiger partial charge is 0.327 e. The van der Waals surface area contributed by atoms with Crippen LogP contribution in [0, 0.1) is 29.6 Å². The minimum absolute atomic E-state index is 0.0157. The maximum absolute atomic E-state index is 17.1. The molecule has 10 atom stereocenters. The predicted molar refractivity (Wildman–Crippen MR) is 213 cm³/mol. The van der Waals surface area contributed by atoms with Crippen LogP contribution in [-0.4, -0.2) is 116 Å². The van der Waals surface area contributed by atoms with Gasteiger partial charge in [0.2, 0.25) is 15.4 Å². The minimum Gasteiger partial charge on any atom is -0.346 e. The lowest BCUT2D eigenvalue weighted by Crippen LogP contribution is -2.38. The number of rotatable bonds is 10. The van der Waals surface area contributed by atoms with Crippen LogP contribution in [-0.2, 0) is 48.4 Å². The molecule has 3 unspecified atom stereocenters. The van der Waals surface area contributed by atoms with Crippen molar-refractivity contribution in [1.29, 1.82) is 10.5 Å². The summed E-state index contributed by atoms with van der Waals surface area (Å²) in [4.78, 5) is 38.7. The van der Waals surface area contributed by atoms with E-state index in [9.17, 15) is 15.3 Å². The summed E-state index contributed by atoms with van der Waals surface area (Å²) >= 11 is 5.81. The van der Waals surface area contributed by atoms with E-state index in [-0.39, 0.29) is 49.6 Å². The topological polar surface area (TPSA) is 238 Å². The number of nitrogens with one attached hydrogen (secondary N) is 1. The lowest BCUT2D eigenvalue weighted by atomic mass is 10.1. The lowest BCUT2D eigenvalue weighted by Gasteiger charge is -2.33. The van der Waals surface area contributed by atoms with Gasteiger partial charge >= 0.3 is 6.72 Å². The number of aromatic nitrogens is 8. The number of fused-ring (bicyclic) bond motifs is 4. The van der Waals surface area contributed by atoms with Crippen molar-refractivity contribution in [2.45, 2.75) is 69.0 Å². The fourth-order valence-electron chi connectivity index (χ4n) is 6.52. The molecule has 1 N–H and O–H groups in total. The monoisotopic (exact) mass is 885 g/mol. The Labute approximate surface area is 346 Å². The number of benzene rings is 1. The fraction of sp³-hybridized carbons (Fsp3) is 0.441. The van der Waals surface area contributed by atoms with Gasteiger partial charge in [-0.3, -0.25) is 18.5 Å². The van der Waals surface area contributed by atoms with E-state index in [0.717, 1.165) is 0 Å². The largest absolute Gasteiger partial charge is 0.346 e. The van der Waals surface area contributed by atoms with Crippen LogP contribution in [0.3, 0.4) is 0 Å². The number of imidazole rings is 2. The second-order valence-corrected chi connectivity index (χ2v) is 17.2. The average Bonchev–Trinajstić information content (AvgIpc) is 4.01. The van der Waals surface area contributed by atoms with E-state index in [0.29, 0.717) is 22.4 Å². The van der Waals surface area contributed by atoms with Crippen molar-refractivity contribution in [1.82, 2.24) is 39.0 Å². The molecule has 3 saturated heterocycles. The van der Waals surface area contributed by atoms with Gasteiger partial charge in [-0.15, -0.1) is 0 Å². The van der Waals surface area contributed by atoms with Crippen molar-refractivity contribution in [3.05, 3.63) is 66.9 Å². The number of carbonyl (C=O) groups is 1. The van der Waals surface area contributed by atoms with E-state index in [1.165, 1.54) is 34.4 Å². The lowest BCUT2D eigenvalue weighted by molar-refractivity contribution is -0.0619. The second-order valence-electron chi connectivity index (χ2n) is 13.1. The molecule has 8 rings (SSSR count). The second kappa shape index (κ2) is 17.8. The molecular weight excluding hydrogens is 849 g/mol. The van der Waals surface area contributed by atoms with Crippen LogP contribution in [0.1, 0.15) is 41.3 Å². The van der Waals surface area contributed by atoms with Gasteiger partial charge in [-0.1, -0.05) is 18.2 Å². The molecule has 20 nitrogen and oxygen atoms in total. The molecule has 60 heavy (non-hydrogen) atoms. The third-order valence-corrected chi connectivity index (χ3v) is 12.8. The molecule has 3 aliphatic rings. The van der Waals surface area contributed by atoms with Crippen LogP contribution in [0.2, 0.25) is 0 Å². The number of nitriles is 2. The van der Waals surface area contributed by atoms with E-state index in [1.54, 1.807) is 37.3 Å². The van der Waals surface area contributed by atoms with Crippen LogP contribution < -0.4 is 5.32 Å². The zero-order chi connectivity index (χ0) is 42.0. The number of ether oxygens (including phenoxy) is 2. The molecule has 4 aromatic heterocycles. The van der Waals surface area contributed by atoms with E-state index in [1.807, 2.05) is 12.1 Å². The van der Waals surface area contributed by atoms with Gasteiger partial charge < -0.3 is 23.8 Å². The number of aryl methyl sites for hydroxylation is 1. The van der Waals surface area contributed by atoms with Gasteiger partial charge in [-0.05, 0) is 30.9 Å². The molecule has 314 valence electrons. The highest BCUT2D eigenvalue weighted by Crippen LogP contribution is 2.62. The highest BCUT2D eigenvalue weighted by Gasteiger charge is 2.56. The van der Waals surface area contributed by atoms with Crippen molar-refractivity contribution in [2.75, 3.05) is 31.7 Å². The van der Waals surface area contributed by atoms with E-state index in [4.69, 9.17) is 48.4 Å². The normalized spacial score (nSPS) is 30.8. The van der Waals surface area contributed by atoms with Crippen molar-refractivity contribution in [2.24, 2.45) is 0 Å². The number of halogens is 2. The van der Waals surface area contributed by atoms with Gasteiger partial charge in [-0.25, -0.2) is 52.3 Å². The number of amides is 1. The molecular formula is C34H36BF2N11O9P2S. The number of carbonyl (C=O) groups excluding carboxylic acids is 1. The third-order valence-electron chi connectivity index (χ3n) is 9.32. The van der Waals surface area contributed by atoms with Gasteiger partial charge in [0.15, 0.2) is 53.5 Å². The Kier molecular flexibility index (Phi) is 12.5. The molecule has 0 aliphatic carbocycles. The molecule has 3 fully saturated rings. The highest BCUT2D eigenvalue weighted by molar-refractivity contribution is 8.07. The Morgan fingerprint density at radius 2 is 1.57 bits per heavy atom. The number of hydrogen-bond donors (Lipinski definition) is 1. The minimum atomic E-state index is -3.97. The van der Waals surface area contributed by atoms with E-state index >= 15 is 8.78 Å². The molecule has 1 aromatic carbocycles. The molecule has 3 aliphatic heterocycles. The summed E-state index contributed by atoms with van der Waals surface area (Å²) in [6.07, 6.45) is -6.78. The molecule has 0 spiro atoms. The Balaban J connectivity index is 1.11. The zero-order valence-corrected chi connectivity index (χ0v) is 33.4. The van der Waals surface area contributed by atoms with Gasteiger partial charge in [0, 0.05) is 5.56 Å². The third kappa shape index (κ3) is 8.51. The van der Waals surface area contributed by atoms with Gasteiger partial charge in [-0.2, -0.15) is 10.5 Å². The SMILES string of the molecule is [BH3-][P+]1(OCCC#N)OC[C@H]2O[C@@H](n3cnc4c(C)ncnc43)[C@H](F)[C@@H]2OP(=S)(OCCC#N)OCC2O[C@@H](n3cnc4c(NC(=O)c5ccccc5)ncnc43)[C@H](F)[C@@H]2O1. The summed E-state index contributed by atoms with van der Waals surface area (Å²) in [7, 11) is -4.47. The summed E-state index contributed by atoms with van der Waals surface area (Å²) in [5.41, 5.74) is 2.00. The van der Waals surface area contributed by atoms with Crippen molar-refractivity contribution in [3.8, 4) is 12.1 Å².